The zero-order chi connectivity index (χ0) is 14.4. The molecule has 19 heavy (non-hydrogen) atoms. The molecule has 0 aromatic heterocycles. The predicted molar refractivity (Wildman–Crippen MR) is 75.9 cm³/mol. The number of halogens is 1. The number of rotatable bonds is 3. The van der Waals surface area contributed by atoms with Gasteiger partial charge in [0.15, 0.2) is 0 Å². The van der Waals surface area contributed by atoms with Crippen molar-refractivity contribution in [1.82, 2.24) is 0 Å². The van der Waals surface area contributed by atoms with E-state index in [0.29, 0.717) is 5.69 Å². The lowest BCUT2D eigenvalue weighted by molar-refractivity contribution is -0.140. The van der Waals surface area contributed by atoms with E-state index in [9.17, 15) is 9.59 Å². The van der Waals surface area contributed by atoms with E-state index >= 15 is 0 Å². The minimum absolute atomic E-state index is 0.224. The van der Waals surface area contributed by atoms with Crippen molar-refractivity contribution in [1.29, 1.82) is 0 Å². The topological polar surface area (TPSA) is 66.4 Å². The van der Waals surface area contributed by atoms with Crippen LogP contribution >= 0.6 is 15.9 Å². The van der Waals surface area contributed by atoms with E-state index in [1.54, 1.807) is 0 Å². The summed E-state index contributed by atoms with van der Waals surface area (Å²) in [6.45, 7) is 5.52. The van der Waals surface area contributed by atoms with Crippen molar-refractivity contribution in [2.24, 2.45) is 17.3 Å². The van der Waals surface area contributed by atoms with Gasteiger partial charge < -0.3 is 10.4 Å². The van der Waals surface area contributed by atoms with E-state index in [4.69, 9.17) is 5.11 Å². The number of nitrogens with one attached hydrogen (secondary N) is 1. The molecule has 0 spiro atoms. The summed E-state index contributed by atoms with van der Waals surface area (Å²) >= 11 is 3.35. The van der Waals surface area contributed by atoms with Gasteiger partial charge in [-0.25, -0.2) is 0 Å². The maximum atomic E-state index is 12.2. The summed E-state index contributed by atoms with van der Waals surface area (Å²) < 4.78 is 0.873. The summed E-state index contributed by atoms with van der Waals surface area (Å²) in [6.07, 6.45) is 0. The van der Waals surface area contributed by atoms with Crippen LogP contribution in [0.1, 0.15) is 19.4 Å². The van der Waals surface area contributed by atoms with E-state index in [2.05, 4.69) is 21.2 Å². The van der Waals surface area contributed by atoms with Crippen LogP contribution in [0, 0.1) is 24.2 Å². The Balaban J connectivity index is 2.15. The van der Waals surface area contributed by atoms with Gasteiger partial charge >= 0.3 is 5.97 Å². The molecule has 0 bridgehead atoms. The Bertz CT molecular complexity index is 554. The highest BCUT2D eigenvalue weighted by molar-refractivity contribution is 9.10. The summed E-state index contributed by atoms with van der Waals surface area (Å²) in [4.78, 5) is 23.3. The highest BCUT2D eigenvalue weighted by atomic mass is 79.9. The van der Waals surface area contributed by atoms with Gasteiger partial charge in [0.25, 0.3) is 0 Å². The van der Waals surface area contributed by atoms with Crippen molar-refractivity contribution in [2.75, 3.05) is 5.32 Å². The molecule has 0 aliphatic heterocycles. The average Bonchev–Trinajstić information content (AvgIpc) is 2.87. The molecule has 1 aromatic carbocycles. The number of aliphatic carboxylic acids is 1. The molecule has 1 saturated carbocycles. The normalized spacial score (nSPS) is 23.8. The monoisotopic (exact) mass is 325 g/mol. The van der Waals surface area contributed by atoms with Crippen LogP contribution in [0.4, 0.5) is 5.69 Å². The fourth-order valence-electron chi connectivity index (χ4n) is 2.53. The van der Waals surface area contributed by atoms with Crippen molar-refractivity contribution in [2.45, 2.75) is 20.8 Å². The molecular weight excluding hydrogens is 310 g/mol. The Labute approximate surface area is 120 Å². The highest BCUT2D eigenvalue weighted by Gasteiger charge is 2.65. The van der Waals surface area contributed by atoms with Crippen molar-refractivity contribution < 1.29 is 14.7 Å². The quantitative estimate of drug-likeness (QED) is 0.897. The third-order valence-corrected chi connectivity index (χ3v) is 4.33. The molecule has 0 unspecified atom stereocenters. The van der Waals surface area contributed by atoms with Crippen LogP contribution in [-0.4, -0.2) is 17.0 Å². The van der Waals surface area contributed by atoms with E-state index in [1.165, 1.54) is 0 Å². The Morgan fingerprint density at radius 2 is 1.95 bits per heavy atom. The molecule has 2 rings (SSSR count). The number of carboxylic acid groups (broad SMARTS) is 1. The summed E-state index contributed by atoms with van der Waals surface area (Å²) in [5, 5.41) is 11.9. The van der Waals surface area contributed by atoms with Crippen molar-refractivity contribution in [3.63, 3.8) is 0 Å². The van der Waals surface area contributed by atoms with E-state index in [-0.39, 0.29) is 5.91 Å². The van der Waals surface area contributed by atoms with E-state index < -0.39 is 23.2 Å². The van der Waals surface area contributed by atoms with Gasteiger partial charge in [0.2, 0.25) is 5.91 Å². The molecule has 0 saturated heterocycles. The summed E-state index contributed by atoms with van der Waals surface area (Å²) in [7, 11) is 0. The minimum atomic E-state index is -0.906. The average molecular weight is 326 g/mol. The SMILES string of the molecule is Cc1ccc(Br)cc1NC(=O)[C@H]1[C@@H](C(=O)O)C1(C)C. The fourth-order valence-corrected chi connectivity index (χ4v) is 2.89. The third kappa shape index (κ3) is 2.52. The Morgan fingerprint density at radius 3 is 2.47 bits per heavy atom. The first-order valence-electron chi connectivity index (χ1n) is 6.05. The predicted octanol–water partition coefficient (Wildman–Crippen LogP) is 3.05. The van der Waals surface area contributed by atoms with Gasteiger partial charge in [-0.2, -0.15) is 0 Å². The van der Waals surface area contributed by atoms with E-state index in [1.807, 2.05) is 39.0 Å². The lowest BCUT2D eigenvalue weighted by atomic mass is 10.1. The van der Waals surface area contributed by atoms with Crippen LogP contribution < -0.4 is 5.32 Å². The molecule has 0 heterocycles. The number of benzene rings is 1. The van der Waals surface area contributed by atoms with Crippen LogP contribution in [0.2, 0.25) is 0 Å². The first-order valence-corrected chi connectivity index (χ1v) is 6.84. The Morgan fingerprint density at radius 1 is 1.32 bits per heavy atom. The van der Waals surface area contributed by atoms with Gasteiger partial charge in [0.1, 0.15) is 0 Å². The standard InChI is InChI=1S/C14H16BrNO3/c1-7-4-5-8(15)6-9(7)16-12(17)10-11(13(18)19)14(10,2)3/h4-6,10-11H,1-3H3,(H,16,17)(H,18,19)/t10-,11+/m1/s1. The van der Waals surface area contributed by atoms with Crippen molar-refractivity contribution in [3.8, 4) is 0 Å². The lowest BCUT2D eigenvalue weighted by Crippen LogP contribution is -2.18. The maximum absolute atomic E-state index is 12.2. The lowest BCUT2D eigenvalue weighted by Gasteiger charge is -2.09. The first-order chi connectivity index (χ1) is 8.75. The molecule has 1 amide bonds. The minimum Gasteiger partial charge on any atom is -0.481 e. The smallest absolute Gasteiger partial charge is 0.307 e. The number of carbonyl (C=O) groups is 2. The zero-order valence-electron chi connectivity index (χ0n) is 11.0. The van der Waals surface area contributed by atoms with Crippen LogP contribution in [0.25, 0.3) is 0 Å². The zero-order valence-corrected chi connectivity index (χ0v) is 12.6. The van der Waals surface area contributed by atoms with Gasteiger partial charge in [-0.15, -0.1) is 0 Å². The number of anilines is 1. The maximum Gasteiger partial charge on any atom is 0.307 e. The second kappa shape index (κ2) is 4.63. The second-order valence-electron chi connectivity index (χ2n) is 5.56. The summed E-state index contributed by atoms with van der Waals surface area (Å²) in [5.74, 6) is -2.20. The third-order valence-electron chi connectivity index (χ3n) is 3.83. The number of carbonyl (C=O) groups excluding carboxylic acids is 1. The highest BCUT2D eigenvalue weighted by Crippen LogP contribution is 2.58. The van der Waals surface area contributed by atoms with Crippen molar-refractivity contribution >= 4 is 33.5 Å². The largest absolute Gasteiger partial charge is 0.481 e. The molecule has 2 N–H and O–H groups in total. The molecule has 2 atom stereocenters. The molecule has 0 radical (unpaired) electrons. The number of carboxylic acids is 1. The molecule has 5 heteroatoms. The number of amides is 1. The van der Waals surface area contributed by atoms with Gasteiger partial charge in [-0.05, 0) is 30.0 Å². The summed E-state index contributed by atoms with van der Waals surface area (Å²) in [6, 6.07) is 5.61. The van der Waals surface area contributed by atoms with Crippen LogP contribution in [0.15, 0.2) is 22.7 Å². The van der Waals surface area contributed by atoms with Gasteiger partial charge in [0.05, 0.1) is 11.8 Å². The molecule has 102 valence electrons. The van der Waals surface area contributed by atoms with Gasteiger partial charge in [-0.1, -0.05) is 35.8 Å². The number of hydrogen-bond acceptors (Lipinski definition) is 2. The molecule has 4 nitrogen and oxygen atoms in total. The number of hydrogen-bond donors (Lipinski definition) is 2. The summed E-state index contributed by atoms with van der Waals surface area (Å²) in [5.41, 5.74) is 1.18. The second-order valence-corrected chi connectivity index (χ2v) is 6.48. The van der Waals surface area contributed by atoms with E-state index in [0.717, 1.165) is 10.0 Å². The van der Waals surface area contributed by atoms with Crippen LogP contribution in [-0.2, 0) is 9.59 Å². The van der Waals surface area contributed by atoms with Gasteiger partial charge in [0, 0.05) is 10.2 Å². The molecule has 1 aliphatic carbocycles. The fraction of sp³-hybridized carbons (Fsp3) is 0.429. The van der Waals surface area contributed by atoms with Crippen LogP contribution in [0.3, 0.4) is 0 Å². The Kier molecular flexibility index (Phi) is 3.43. The molecule has 1 fully saturated rings. The molecule has 1 aliphatic rings. The van der Waals surface area contributed by atoms with Gasteiger partial charge in [-0.3, -0.25) is 9.59 Å². The van der Waals surface area contributed by atoms with Crippen LogP contribution in [0.5, 0.6) is 0 Å². The number of aryl methyl sites for hydroxylation is 1. The molecule has 1 aromatic rings. The molecular formula is C14H16BrNO3. The van der Waals surface area contributed by atoms with Crippen molar-refractivity contribution in [3.05, 3.63) is 28.2 Å². The Hall–Kier alpha value is -1.36. The first kappa shape index (κ1) is 14.1.